The summed E-state index contributed by atoms with van der Waals surface area (Å²) in [5, 5.41) is 6.23. The van der Waals surface area contributed by atoms with Gasteiger partial charge in [0, 0.05) is 30.6 Å². The Morgan fingerprint density at radius 2 is 2.29 bits per heavy atom. The number of hydrogen-bond acceptors (Lipinski definition) is 5. The van der Waals surface area contributed by atoms with Crippen LogP contribution in [-0.2, 0) is 13.0 Å². The molecule has 2 N–H and O–H groups in total. The van der Waals surface area contributed by atoms with E-state index in [1.807, 2.05) is 29.4 Å². The van der Waals surface area contributed by atoms with Gasteiger partial charge in [0.25, 0.3) is 0 Å². The van der Waals surface area contributed by atoms with E-state index in [9.17, 15) is 0 Å². The summed E-state index contributed by atoms with van der Waals surface area (Å²) in [5.41, 5.74) is 7.12. The zero-order valence-electron chi connectivity index (χ0n) is 12.2. The van der Waals surface area contributed by atoms with Crippen LogP contribution in [0.3, 0.4) is 0 Å². The average molecular weight is 305 g/mol. The maximum atomic E-state index is 6.10. The maximum Gasteiger partial charge on any atom is 0.242 e. The highest BCUT2D eigenvalue weighted by molar-refractivity contribution is 7.15. The molecule has 0 saturated heterocycles. The van der Waals surface area contributed by atoms with Crippen molar-refractivity contribution in [2.75, 3.05) is 0 Å². The molecule has 0 aliphatic carbocycles. The predicted octanol–water partition coefficient (Wildman–Crippen LogP) is 2.68. The van der Waals surface area contributed by atoms with Gasteiger partial charge < -0.3 is 10.5 Å². The minimum absolute atomic E-state index is 0.102. The molecule has 0 fully saturated rings. The number of aromatic nitrogens is 4. The Labute approximate surface area is 127 Å². The lowest BCUT2D eigenvalue weighted by Crippen LogP contribution is -2.22. The van der Waals surface area contributed by atoms with Gasteiger partial charge in [-0.1, -0.05) is 6.92 Å². The Balaban J connectivity index is 1.92. The zero-order chi connectivity index (χ0) is 14.8. The van der Waals surface area contributed by atoms with Crippen LogP contribution in [0.5, 0.6) is 11.6 Å². The van der Waals surface area contributed by atoms with Crippen LogP contribution in [-0.4, -0.2) is 25.2 Å². The monoisotopic (exact) mass is 305 g/mol. The van der Waals surface area contributed by atoms with E-state index in [2.05, 4.69) is 21.4 Å². The molecule has 3 heterocycles. The number of thiazole rings is 1. The number of imidazole rings is 1. The Morgan fingerprint density at radius 1 is 1.43 bits per heavy atom. The number of nitrogens with two attached hydrogens (primary N) is 1. The molecule has 6 nitrogen and oxygen atoms in total. The first-order chi connectivity index (χ1) is 10.2. The summed E-state index contributed by atoms with van der Waals surface area (Å²) in [6, 6.07) is 0.102. The standard InChI is InChI=1S/C14H19N5OS/c1-3-10(15)7-12-13(17-14-19(12)5-6-21-14)20-11-8-16-18(4-2)9-11/h5-6,8-10H,3-4,7,15H2,1-2H3. The highest BCUT2D eigenvalue weighted by Crippen LogP contribution is 2.28. The van der Waals surface area contributed by atoms with E-state index in [-0.39, 0.29) is 6.04 Å². The first-order valence-corrected chi connectivity index (χ1v) is 7.99. The zero-order valence-corrected chi connectivity index (χ0v) is 13.0. The fourth-order valence-corrected chi connectivity index (χ4v) is 2.88. The van der Waals surface area contributed by atoms with Crippen LogP contribution in [0.2, 0.25) is 0 Å². The summed E-state index contributed by atoms with van der Waals surface area (Å²) in [5.74, 6) is 1.33. The van der Waals surface area contributed by atoms with Gasteiger partial charge in [-0.2, -0.15) is 10.1 Å². The van der Waals surface area contributed by atoms with E-state index in [0.29, 0.717) is 11.6 Å². The van der Waals surface area contributed by atoms with Gasteiger partial charge in [0.15, 0.2) is 10.7 Å². The van der Waals surface area contributed by atoms with Crippen LogP contribution in [0.15, 0.2) is 24.0 Å². The van der Waals surface area contributed by atoms with Gasteiger partial charge in [-0.3, -0.25) is 9.08 Å². The molecule has 0 aliphatic heterocycles. The van der Waals surface area contributed by atoms with E-state index >= 15 is 0 Å². The smallest absolute Gasteiger partial charge is 0.242 e. The Hall–Kier alpha value is -1.86. The maximum absolute atomic E-state index is 6.10. The lowest BCUT2D eigenvalue weighted by molar-refractivity contribution is 0.454. The number of rotatable bonds is 6. The predicted molar refractivity (Wildman–Crippen MR) is 83.0 cm³/mol. The van der Waals surface area contributed by atoms with Crippen LogP contribution >= 0.6 is 11.3 Å². The number of aryl methyl sites for hydroxylation is 1. The van der Waals surface area contributed by atoms with Crippen molar-refractivity contribution in [1.82, 2.24) is 19.2 Å². The molecule has 1 atom stereocenters. The van der Waals surface area contributed by atoms with Crippen molar-refractivity contribution in [2.24, 2.45) is 5.73 Å². The molecule has 0 radical (unpaired) electrons. The summed E-state index contributed by atoms with van der Waals surface area (Å²) >= 11 is 1.59. The van der Waals surface area contributed by atoms with Gasteiger partial charge >= 0.3 is 0 Å². The first kappa shape index (κ1) is 14.1. The van der Waals surface area contributed by atoms with Crippen LogP contribution in [0.1, 0.15) is 26.0 Å². The lowest BCUT2D eigenvalue weighted by atomic mass is 10.1. The second-order valence-electron chi connectivity index (χ2n) is 4.93. The largest absolute Gasteiger partial charge is 0.434 e. The molecule has 0 spiro atoms. The Bertz CT molecular complexity index is 729. The van der Waals surface area contributed by atoms with Crippen molar-refractivity contribution in [3.63, 3.8) is 0 Å². The summed E-state index contributed by atoms with van der Waals surface area (Å²) < 4.78 is 9.80. The quantitative estimate of drug-likeness (QED) is 0.760. The molecule has 0 aromatic carbocycles. The first-order valence-electron chi connectivity index (χ1n) is 7.11. The second-order valence-corrected chi connectivity index (χ2v) is 5.80. The molecule has 112 valence electrons. The second kappa shape index (κ2) is 5.87. The van der Waals surface area contributed by atoms with Gasteiger partial charge in [-0.05, 0) is 13.3 Å². The fraction of sp³-hybridized carbons (Fsp3) is 0.429. The highest BCUT2D eigenvalue weighted by atomic mass is 32.1. The molecule has 3 aromatic rings. The van der Waals surface area contributed by atoms with E-state index in [0.717, 1.165) is 30.0 Å². The molecule has 0 aliphatic rings. The third kappa shape index (κ3) is 2.79. The Kier molecular flexibility index (Phi) is 3.94. The molecule has 3 rings (SSSR count). The van der Waals surface area contributed by atoms with Gasteiger partial charge in [-0.25, -0.2) is 0 Å². The minimum atomic E-state index is 0.102. The van der Waals surface area contributed by atoms with Gasteiger partial charge in [0.2, 0.25) is 5.88 Å². The van der Waals surface area contributed by atoms with E-state index < -0.39 is 0 Å². The van der Waals surface area contributed by atoms with E-state index in [4.69, 9.17) is 10.5 Å². The molecular weight excluding hydrogens is 286 g/mol. The lowest BCUT2D eigenvalue weighted by Gasteiger charge is -2.09. The van der Waals surface area contributed by atoms with Crippen LogP contribution in [0.25, 0.3) is 4.96 Å². The SMILES string of the molecule is CCC(N)Cc1c(Oc2cnn(CC)c2)nc2sccn12. The number of nitrogens with zero attached hydrogens (tertiary/aromatic N) is 4. The minimum Gasteiger partial charge on any atom is -0.434 e. The molecule has 1 unspecified atom stereocenters. The third-order valence-electron chi connectivity index (χ3n) is 3.45. The number of hydrogen-bond donors (Lipinski definition) is 1. The van der Waals surface area contributed by atoms with Gasteiger partial charge in [0.05, 0.1) is 18.1 Å². The van der Waals surface area contributed by atoms with Crippen molar-refractivity contribution in [2.45, 2.75) is 39.3 Å². The van der Waals surface area contributed by atoms with Crippen molar-refractivity contribution in [3.8, 4) is 11.6 Å². The van der Waals surface area contributed by atoms with Crippen molar-refractivity contribution in [3.05, 3.63) is 29.7 Å². The summed E-state index contributed by atoms with van der Waals surface area (Å²) in [6.07, 6.45) is 7.25. The average Bonchev–Trinajstić information content (AvgIpc) is 3.17. The van der Waals surface area contributed by atoms with E-state index in [1.165, 1.54) is 0 Å². The molecule has 7 heteroatoms. The van der Waals surface area contributed by atoms with E-state index in [1.54, 1.807) is 17.5 Å². The van der Waals surface area contributed by atoms with Gasteiger partial charge in [0.1, 0.15) is 0 Å². The molecule has 21 heavy (non-hydrogen) atoms. The molecule has 0 amide bonds. The van der Waals surface area contributed by atoms with Crippen molar-refractivity contribution >= 4 is 16.3 Å². The van der Waals surface area contributed by atoms with Gasteiger partial charge in [-0.15, -0.1) is 11.3 Å². The number of ether oxygens (including phenoxy) is 1. The summed E-state index contributed by atoms with van der Waals surface area (Å²) in [6.45, 7) is 4.94. The van der Waals surface area contributed by atoms with Crippen molar-refractivity contribution < 1.29 is 4.74 Å². The third-order valence-corrected chi connectivity index (χ3v) is 4.21. The topological polar surface area (TPSA) is 70.4 Å². The summed E-state index contributed by atoms with van der Waals surface area (Å²) in [7, 11) is 0. The molecule has 0 bridgehead atoms. The van der Waals surface area contributed by atoms with Crippen LogP contribution in [0.4, 0.5) is 0 Å². The normalized spacial score (nSPS) is 12.9. The number of fused-ring (bicyclic) bond motifs is 1. The molecule has 3 aromatic heterocycles. The molecular formula is C14H19N5OS. The van der Waals surface area contributed by atoms with Crippen LogP contribution in [0, 0.1) is 0 Å². The molecule has 0 saturated carbocycles. The van der Waals surface area contributed by atoms with Crippen LogP contribution < -0.4 is 10.5 Å². The summed E-state index contributed by atoms with van der Waals surface area (Å²) in [4.78, 5) is 5.48. The Morgan fingerprint density at radius 3 is 3.00 bits per heavy atom. The highest BCUT2D eigenvalue weighted by Gasteiger charge is 2.18. The fourth-order valence-electron chi connectivity index (χ4n) is 2.15. The van der Waals surface area contributed by atoms with Crippen molar-refractivity contribution in [1.29, 1.82) is 0 Å².